The number of nitrogens with zero attached hydrogens (tertiary/aromatic N) is 2. The molecule has 580 valence electrons. The lowest BCUT2D eigenvalue weighted by molar-refractivity contribution is -0.137. The number of thioether (sulfide) groups is 4. The number of amides is 4. The fraction of sp³-hybridized carbons (Fsp3) is 0.178. The molecular weight excluding hydrogens is 1610 g/mol. The summed E-state index contributed by atoms with van der Waals surface area (Å²) in [6, 6.07) is 61.1. The van der Waals surface area contributed by atoms with Crippen molar-refractivity contribution in [2.24, 2.45) is 5.92 Å². The van der Waals surface area contributed by atoms with Crippen molar-refractivity contribution < 1.29 is 51.3 Å². The highest BCUT2D eigenvalue weighted by Gasteiger charge is 2.35. The Bertz CT molecular complexity index is 5780. The molecule has 10 aromatic rings. The molecule has 115 heavy (non-hydrogen) atoms. The van der Waals surface area contributed by atoms with Gasteiger partial charge in [-0.1, -0.05) is 218 Å². The number of hydrogen-bond acceptors (Lipinski definition) is 17. The number of nitrogens with one attached hydrogen (secondary N) is 4. The van der Waals surface area contributed by atoms with Crippen LogP contribution < -0.4 is 30.7 Å². The fourth-order valence-electron chi connectivity index (χ4n) is 14.6. The molecule has 0 unspecified atom stereocenters. The second-order valence-corrected chi connectivity index (χ2v) is 34.8. The zero-order valence-electron chi connectivity index (χ0n) is 62.1. The van der Waals surface area contributed by atoms with E-state index in [1.165, 1.54) is 89.4 Å². The molecule has 8 aromatic carbocycles. The molecule has 7 aliphatic rings. The summed E-state index contributed by atoms with van der Waals surface area (Å²) in [6.45, 7) is 5.72. The molecule has 6 fully saturated rings. The number of phenols is 1. The monoisotopic (exact) mass is 1680 g/mol. The molecule has 3 aliphatic carbocycles. The number of benzene rings is 8. The van der Waals surface area contributed by atoms with E-state index in [4.69, 9.17) is 58.3 Å². The van der Waals surface area contributed by atoms with E-state index < -0.39 is 11.7 Å². The molecule has 0 spiro atoms. The topological polar surface area (TPSA) is 181 Å². The number of halogens is 4. The molecule has 2 saturated carbocycles. The number of thiocarbonyl (C=S) groups is 4. The van der Waals surface area contributed by atoms with E-state index in [0.717, 1.165) is 146 Å². The minimum Gasteiger partial charge on any atom is -0.508 e. The van der Waals surface area contributed by atoms with Crippen LogP contribution in [-0.2, 0) is 31.8 Å². The van der Waals surface area contributed by atoms with Gasteiger partial charge in [-0.3, -0.25) is 29.1 Å². The summed E-state index contributed by atoms with van der Waals surface area (Å²) in [5, 5.41) is 23.6. The normalized spacial score (nSPS) is 18.2. The van der Waals surface area contributed by atoms with Crippen molar-refractivity contribution in [3.63, 3.8) is 0 Å². The summed E-state index contributed by atoms with van der Waals surface area (Å²) in [4.78, 5) is 60.4. The first kappa shape index (κ1) is 81.4. The van der Waals surface area contributed by atoms with Crippen LogP contribution in [-0.4, -0.2) is 62.1 Å². The third kappa shape index (κ3) is 19.8. The molecule has 0 atom stereocenters. The SMILES string of the molecule is C/C(=C1/SC(=S)NC1=O)c1cc(OC2CCCC2)cc(-c2cc(C(F)(F)F)ccn2)c1.C/C(=C1/SC(=S)NC1=O)c1cc(Oc2ccccc2)cc(-c2cccc(F)c2)c1.CC1=C/C(=C2/SC(=S)NC2=O)c2cc(O)cc(-c3ccc4ccccc4c3)c2C1.O=C1NC(=S)S/C1=C(\c1cccc(-c2ccccn2)c1)C1CCCCC1. The minimum absolute atomic E-state index is 0.0520. The summed E-state index contributed by atoms with van der Waals surface area (Å²) in [7, 11) is 0. The van der Waals surface area contributed by atoms with Gasteiger partial charge < -0.3 is 35.8 Å². The Morgan fingerprint density at radius 1 is 0.487 bits per heavy atom. The highest BCUT2D eigenvalue weighted by Crippen LogP contribution is 2.47. The maximum atomic E-state index is 13.8. The number of carbonyl (C=O) groups excluding carboxylic acids is 4. The van der Waals surface area contributed by atoms with Gasteiger partial charge in [0, 0.05) is 29.1 Å². The van der Waals surface area contributed by atoms with Crippen molar-refractivity contribution in [2.75, 3.05) is 0 Å². The quantitative estimate of drug-likeness (QED) is 0.0442. The van der Waals surface area contributed by atoms with E-state index in [0.29, 0.717) is 71.9 Å². The lowest BCUT2D eigenvalue weighted by Crippen LogP contribution is -2.19. The van der Waals surface area contributed by atoms with Crippen LogP contribution >= 0.6 is 95.9 Å². The maximum Gasteiger partial charge on any atom is 0.416 e. The van der Waals surface area contributed by atoms with Crippen molar-refractivity contribution in [3.05, 3.63) is 283 Å². The highest BCUT2D eigenvalue weighted by molar-refractivity contribution is 8.28. The van der Waals surface area contributed by atoms with Crippen molar-refractivity contribution in [2.45, 2.75) is 97.3 Å². The van der Waals surface area contributed by atoms with E-state index in [9.17, 15) is 41.8 Å². The Kier molecular flexibility index (Phi) is 25.7. The number of rotatable bonds is 12. The summed E-state index contributed by atoms with van der Waals surface area (Å²) < 4.78 is 67.4. The molecule has 17 rings (SSSR count). The minimum atomic E-state index is -4.47. The number of aromatic hydroxyl groups is 1. The average molecular weight is 1680 g/mol. The van der Waals surface area contributed by atoms with Crippen molar-refractivity contribution in [3.8, 4) is 67.8 Å². The smallest absolute Gasteiger partial charge is 0.416 e. The molecule has 0 radical (unpaired) electrons. The van der Waals surface area contributed by atoms with Crippen molar-refractivity contribution >= 4 is 170 Å². The van der Waals surface area contributed by atoms with Gasteiger partial charge in [0.15, 0.2) is 0 Å². The summed E-state index contributed by atoms with van der Waals surface area (Å²) in [5.74, 6) is 1.39. The molecule has 4 amide bonds. The summed E-state index contributed by atoms with van der Waals surface area (Å²) in [5.41, 5.74) is 14.7. The van der Waals surface area contributed by atoms with Crippen molar-refractivity contribution in [1.82, 2.24) is 31.2 Å². The average Bonchev–Trinajstić information content (AvgIpc) is 1.59. The van der Waals surface area contributed by atoms with Gasteiger partial charge in [0.1, 0.15) is 46.1 Å². The molecule has 4 aliphatic heterocycles. The van der Waals surface area contributed by atoms with E-state index in [2.05, 4.69) is 92.8 Å². The number of phenolic OH excluding ortho intramolecular Hbond substituents is 1. The second-order valence-electron chi connectivity index (χ2n) is 28.0. The molecule has 2 aromatic heterocycles. The Labute approximate surface area is 700 Å². The third-order valence-electron chi connectivity index (χ3n) is 20.0. The Balaban J connectivity index is 0.000000127. The Hall–Kier alpha value is -10.2. The Morgan fingerprint density at radius 2 is 1.07 bits per heavy atom. The highest BCUT2D eigenvalue weighted by atomic mass is 32.2. The lowest BCUT2D eigenvalue weighted by atomic mass is 9.80. The van der Waals surface area contributed by atoms with E-state index in [1.54, 1.807) is 37.4 Å². The van der Waals surface area contributed by atoms with Gasteiger partial charge in [-0.25, -0.2) is 4.39 Å². The second kappa shape index (κ2) is 36.3. The molecule has 0 bridgehead atoms. The van der Waals surface area contributed by atoms with Crippen molar-refractivity contribution in [1.29, 1.82) is 0 Å². The Morgan fingerprint density at radius 3 is 1.71 bits per heavy atom. The predicted octanol–water partition coefficient (Wildman–Crippen LogP) is 22.9. The summed E-state index contributed by atoms with van der Waals surface area (Å²) >= 11 is 25.7. The first-order valence-electron chi connectivity index (χ1n) is 37.0. The van der Waals surface area contributed by atoms with Crippen LogP contribution in [0.1, 0.15) is 112 Å². The fourth-order valence-corrected chi connectivity index (χ4v) is 19.0. The number of para-hydroxylation sites is 1. The van der Waals surface area contributed by atoms with Gasteiger partial charge in [-0.15, -0.1) is 0 Å². The zero-order valence-corrected chi connectivity index (χ0v) is 68.6. The van der Waals surface area contributed by atoms with Gasteiger partial charge in [0.05, 0.1) is 42.7 Å². The largest absolute Gasteiger partial charge is 0.508 e. The number of allylic oxidation sites excluding steroid dienone is 6. The first-order chi connectivity index (χ1) is 55.4. The number of pyridine rings is 2. The van der Waals surface area contributed by atoms with Crippen LogP contribution in [0, 0.1) is 11.7 Å². The molecule has 25 heteroatoms. The number of ether oxygens (including phenoxy) is 2. The van der Waals surface area contributed by atoms with Crippen LogP contribution in [0.3, 0.4) is 0 Å². The van der Waals surface area contributed by atoms with Gasteiger partial charge in [-0.05, 0) is 258 Å². The first-order valence-corrected chi connectivity index (χ1v) is 41.9. The van der Waals surface area contributed by atoms with E-state index in [-0.39, 0.29) is 47.0 Å². The molecular formula is C90H72F4N6O7S8. The zero-order chi connectivity index (χ0) is 80.6. The number of aromatic nitrogens is 2. The van der Waals surface area contributed by atoms with Crippen LogP contribution in [0.2, 0.25) is 0 Å². The van der Waals surface area contributed by atoms with Crippen LogP contribution in [0.25, 0.3) is 77.8 Å². The van der Waals surface area contributed by atoms with E-state index >= 15 is 0 Å². The summed E-state index contributed by atoms with van der Waals surface area (Å²) in [6.07, 6.45) is 11.4. The van der Waals surface area contributed by atoms with Crippen LogP contribution in [0.5, 0.6) is 23.0 Å². The van der Waals surface area contributed by atoms with Crippen LogP contribution in [0.4, 0.5) is 17.6 Å². The van der Waals surface area contributed by atoms with Gasteiger partial charge in [0.2, 0.25) is 0 Å². The maximum absolute atomic E-state index is 13.8. The predicted molar refractivity (Wildman–Crippen MR) is 473 cm³/mol. The van der Waals surface area contributed by atoms with Crippen LogP contribution in [0.15, 0.2) is 244 Å². The molecule has 5 N–H and O–H groups in total. The molecule has 6 heterocycles. The van der Waals surface area contributed by atoms with Gasteiger partial charge in [0.25, 0.3) is 23.6 Å². The molecule has 4 saturated heterocycles. The number of hydrogen-bond donors (Lipinski definition) is 5. The third-order valence-corrected chi connectivity index (χ3v) is 25.2. The van der Waals surface area contributed by atoms with Gasteiger partial charge >= 0.3 is 6.18 Å². The van der Waals surface area contributed by atoms with Gasteiger partial charge in [-0.2, -0.15) is 13.2 Å². The number of fused-ring (bicyclic) bond motifs is 2. The number of alkyl halides is 3. The standard InChI is InChI=1S/C24H17NO2S2.C23H16FNO2S2.C22H19F3N2O2S2.C21H20N2OS2/c1-13-8-19-18(16-7-6-14-4-2-3-5-15(14)10-16)11-17(26)12-20(19)21(9-13)22-23(27)25-24(28)29-22;1-14(21-22(26)25-23(28)29-21)16-10-17(15-6-5-7-18(24)11-15)13-20(12-16)27-19-8-3-2-4-9-19;1-12(19-20(28)27-21(30)31-19)13-8-14(10-17(9-13)29-16-4-2-3-5-16)18-11-15(6-7-26-18)22(23,24)25;24-20-19(26-21(25)23-20)18(14-7-2-1-3-8-14)16-10-6-9-15(13-16)17-11-4-5-12-22-17/h2-7,9-12,26H,8H2,1H3,(H,25,27,28);2-13H,1H3,(H,25,26,28);6-11,16H,2-5H2,1H3,(H,27,28,30);4-6,9-14H,1-3,7-8H2,(H,23,24,25)/b22-21-;21-14-;19-12-;19-18-. The molecule has 13 nitrogen and oxygen atoms in total. The van der Waals surface area contributed by atoms with E-state index in [1.807, 2.05) is 110 Å². The number of carbonyl (C=O) groups is 4. The lowest BCUT2D eigenvalue weighted by Gasteiger charge is -2.26.